The number of aryl methyl sites for hydroxylation is 2. The van der Waals surface area contributed by atoms with Crippen molar-refractivity contribution in [2.45, 2.75) is 40.2 Å². The summed E-state index contributed by atoms with van der Waals surface area (Å²) in [6, 6.07) is 0.267. The topological polar surface area (TPSA) is 81.2 Å². The molecule has 0 aliphatic heterocycles. The first-order chi connectivity index (χ1) is 8.95. The molecule has 6 nitrogen and oxygen atoms in total. The van der Waals surface area contributed by atoms with Crippen LogP contribution < -0.4 is 5.32 Å². The van der Waals surface area contributed by atoms with Crippen molar-refractivity contribution in [2.75, 3.05) is 25.0 Å². The lowest BCUT2D eigenvalue weighted by molar-refractivity contribution is -0.117. The predicted octanol–water partition coefficient (Wildman–Crippen LogP) is 1.06. The van der Waals surface area contributed by atoms with Crippen LogP contribution in [-0.2, 0) is 4.79 Å². The molecule has 0 unspecified atom stereocenters. The minimum Gasteiger partial charge on any atom is -0.396 e. The van der Waals surface area contributed by atoms with E-state index >= 15 is 0 Å². The smallest absolute Gasteiger partial charge is 0.238 e. The van der Waals surface area contributed by atoms with E-state index in [-0.39, 0.29) is 18.6 Å². The van der Waals surface area contributed by atoms with Gasteiger partial charge in [0.05, 0.1) is 23.6 Å². The summed E-state index contributed by atoms with van der Waals surface area (Å²) in [5.74, 6) is -0.0563. The highest BCUT2D eigenvalue weighted by Gasteiger charge is 2.16. The van der Waals surface area contributed by atoms with E-state index in [2.05, 4.69) is 15.5 Å². The van der Waals surface area contributed by atoms with Gasteiger partial charge in [0, 0.05) is 19.2 Å². The predicted molar refractivity (Wildman–Crippen MR) is 75.1 cm³/mol. The van der Waals surface area contributed by atoms with E-state index in [1.54, 1.807) is 0 Å². The van der Waals surface area contributed by atoms with E-state index < -0.39 is 0 Å². The summed E-state index contributed by atoms with van der Waals surface area (Å²) >= 11 is 0. The number of anilines is 1. The van der Waals surface area contributed by atoms with Crippen LogP contribution in [-0.4, -0.2) is 51.8 Å². The van der Waals surface area contributed by atoms with Crippen molar-refractivity contribution >= 4 is 11.6 Å². The van der Waals surface area contributed by atoms with Gasteiger partial charge in [0.25, 0.3) is 0 Å². The lowest BCUT2D eigenvalue weighted by Gasteiger charge is -2.25. The van der Waals surface area contributed by atoms with Crippen LogP contribution in [0.15, 0.2) is 0 Å². The summed E-state index contributed by atoms with van der Waals surface area (Å²) < 4.78 is 0. The van der Waals surface area contributed by atoms with Crippen molar-refractivity contribution in [3.8, 4) is 0 Å². The number of H-pyrrole nitrogens is 1. The normalized spacial score (nSPS) is 11.3. The van der Waals surface area contributed by atoms with Gasteiger partial charge in [-0.25, -0.2) is 0 Å². The summed E-state index contributed by atoms with van der Waals surface area (Å²) in [5.41, 5.74) is 2.41. The van der Waals surface area contributed by atoms with Crippen molar-refractivity contribution in [3.05, 3.63) is 11.4 Å². The number of aliphatic hydroxyl groups is 1. The highest BCUT2D eigenvalue weighted by molar-refractivity contribution is 5.93. The van der Waals surface area contributed by atoms with Crippen LogP contribution in [0.2, 0.25) is 0 Å². The third-order valence-electron chi connectivity index (χ3n) is 3.07. The molecule has 1 aromatic heterocycles. The maximum Gasteiger partial charge on any atom is 0.238 e. The SMILES string of the molecule is Cc1n[nH]c(C)c1NC(=O)CN(CCCO)C(C)C. The van der Waals surface area contributed by atoms with Gasteiger partial charge in [-0.05, 0) is 34.1 Å². The minimum atomic E-state index is -0.0563. The molecule has 0 aromatic carbocycles. The van der Waals surface area contributed by atoms with E-state index in [1.807, 2.05) is 32.6 Å². The third kappa shape index (κ3) is 4.65. The van der Waals surface area contributed by atoms with E-state index in [9.17, 15) is 4.79 Å². The minimum absolute atomic E-state index is 0.0563. The average Bonchev–Trinajstić information content (AvgIpc) is 2.66. The van der Waals surface area contributed by atoms with Gasteiger partial charge < -0.3 is 10.4 Å². The van der Waals surface area contributed by atoms with Gasteiger partial charge in [-0.2, -0.15) is 5.10 Å². The van der Waals surface area contributed by atoms with Gasteiger partial charge in [-0.1, -0.05) is 0 Å². The number of carbonyl (C=O) groups excluding carboxylic acids is 1. The number of aromatic nitrogens is 2. The zero-order valence-electron chi connectivity index (χ0n) is 12.2. The second-order valence-corrected chi connectivity index (χ2v) is 5.00. The Labute approximate surface area is 114 Å². The van der Waals surface area contributed by atoms with E-state index in [0.717, 1.165) is 17.1 Å². The van der Waals surface area contributed by atoms with Crippen LogP contribution in [0.4, 0.5) is 5.69 Å². The number of carbonyl (C=O) groups is 1. The van der Waals surface area contributed by atoms with Gasteiger partial charge in [-0.15, -0.1) is 0 Å². The number of amides is 1. The molecule has 0 fully saturated rings. The molecule has 6 heteroatoms. The highest BCUT2D eigenvalue weighted by atomic mass is 16.3. The maximum atomic E-state index is 12.0. The van der Waals surface area contributed by atoms with Crippen LogP contribution in [0, 0.1) is 13.8 Å². The fraction of sp³-hybridized carbons (Fsp3) is 0.692. The Morgan fingerprint density at radius 1 is 1.47 bits per heavy atom. The van der Waals surface area contributed by atoms with Crippen molar-refractivity contribution in [1.82, 2.24) is 15.1 Å². The molecule has 0 saturated carbocycles. The Balaban J connectivity index is 2.58. The highest BCUT2D eigenvalue weighted by Crippen LogP contribution is 2.15. The molecular formula is C13H24N4O2. The second kappa shape index (κ2) is 7.25. The summed E-state index contributed by atoms with van der Waals surface area (Å²) in [6.07, 6.45) is 0.676. The molecule has 1 rings (SSSR count). The van der Waals surface area contributed by atoms with Crippen LogP contribution in [0.1, 0.15) is 31.7 Å². The zero-order valence-corrected chi connectivity index (χ0v) is 12.2. The molecule has 0 bridgehead atoms. The van der Waals surface area contributed by atoms with Gasteiger partial charge in [0.1, 0.15) is 0 Å². The number of rotatable bonds is 7. The molecule has 19 heavy (non-hydrogen) atoms. The van der Waals surface area contributed by atoms with Crippen LogP contribution >= 0.6 is 0 Å². The van der Waals surface area contributed by atoms with E-state index in [0.29, 0.717) is 19.5 Å². The fourth-order valence-corrected chi connectivity index (χ4v) is 1.89. The number of hydrogen-bond donors (Lipinski definition) is 3. The Hall–Kier alpha value is -1.40. The fourth-order valence-electron chi connectivity index (χ4n) is 1.89. The molecule has 0 radical (unpaired) electrons. The van der Waals surface area contributed by atoms with Crippen molar-refractivity contribution in [2.24, 2.45) is 0 Å². The van der Waals surface area contributed by atoms with Crippen LogP contribution in [0.25, 0.3) is 0 Å². The molecule has 0 aliphatic carbocycles. The summed E-state index contributed by atoms with van der Waals surface area (Å²) in [4.78, 5) is 14.1. The number of aliphatic hydroxyl groups excluding tert-OH is 1. The summed E-state index contributed by atoms with van der Waals surface area (Å²) in [5, 5.41) is 18.6. The zero-order chi connectivity index (χ0) is 14.4. The average molecular weight is 268 g/mol. The Morgan fingerprint density at radius 3 is 2.63 bits per heavy atom. The molecule has 3 N–H and O–H groups in total. The second-order valence-electron chi connectivity index (χ2n) is 5.00. The molecule has 108 valence electrons. The summed E-state index contributed by atoms with van der Waals surface area (Å²) in [6.45, 7) is 8.99. The monoisotopic (exact) mass is 268 g/mol. The molecule has 0 aliphatic rings. The van der Waals surface area contributed by atoms with Gasteiger partial charge >= 0.3 is 0 Å². The first-order valence-corrected chi connectivity index (χ1v) is 6.62. The lowest BCUT2D eigenvalue weighted by atomic mass is 10.2. The quantitative estimate of drug-likeness (QED) is 0.690. The Morgan fingerprint density at radius 2 is 2.16 bits per heavy atom. The molecule has 1 amide bonds. The van der Waals surface area contributed by atoms with Gasteiger partial charge in [-0.3, -0.25) is 14.8 Å². The first-order valence-electron chi connectivity index (χ1n) is 6.62. The van der Waals surface area contributed by atoms with Crippen LogP contribution in [0.3, 0.4) is 0 Å². The largest absolute Gasteiger partial charge is 0.396 e. The Bertz CT molecular complexity index is 395. The van der Waals surface area contributed by atoms with Gasteiger partial charge in [0.2, 0.25) is 5.91 Å². The van der Waals surface area contributed by atoms with E-state index in [4.69, 9.17) is 5.11 Å². The van der Waals surface area contributed by atoms with Crippen molar-refractivity contribution in [3.63, 3.8) is 0 Å². The van der Waals surface area contributed by atoms with Crippen molar-refractivity contribution < 1.29 is 9.90 Å². The molecule has 0 atom stereocenters. The molecular weight excluding hydrogens is 244 g/mol. The Kier molecular flexibility index (Phi) is 5.98. The summed E-state index contributed by atoms with van der Waals surface area (Å²) in [7, 11) is 0. The van der Waals surface area contributed by atoms with Crippen molar-refractivity contribution in [1.29, 1.82) is 0 Å². The number of hydrogen-bond acceptors (Lipinski definition) is 4. The maximum absolute atomic E-state index is 12.0. The van der Waals surface area contributed by atoms with Gasteiger partial charge in [0.15, 0.2) is 0 Å². The van der Waals surface area contributed by atoms with E-state index in [1.165, 1.54) is 0 Å². The first kappa shape index (κ1) is 15.7. The third-order valence-corrected chi connectivity index (χ3v) is 3.07. The molecule has 1 heterocycles. The number of aromatic amines is 1. The molecule has 0 saturated heterocycles. The standard InChI is InChI=1S/C13H24N4O2/c1-9(2)17(6-5-7-18)8-12(19)14-13-10(3)15-16-11(13)4/h9,18H,5-8H2,1-4H3,(H,14,19)(H,15,16). The lowest BCUT2D eigenvalue weighted by Crippen LogP contribution is -2.39. The molecule has 1 aromatic rings. The number of nitrogens with one attached hydrogen (secondary N) is 2. The number of nitrogens with zero attached hydrogens (tertiary/aromatic N) is 2. The molecule has 0 spiro atoms. The van der Waals surface area contributed by atoms with Crippen LogP contribution in [0.5, 0.6) is 0 Å².